The predicted octanol–water partition coefficient (Wildman–Crippen LogP) is 2.16. The van der Waals surface area contributed by atoms with Crippen LogP contribution < -0.4 is 15.5 Å². The van der Waals surface area contributed by atoms with Crippen LogP contribution in [0.25, 0.3) is 11.0 Å². The summed E-state index contributed by atoms with van der Waals surface area (Å²) in [5.41, 5.74) is 2.63. The number of hydrogen-bond donors (Lipinski definition) is 2. The van der Waals surface area contributed by atoms with Crippen LogP contribution in [-0.4, -0.2) is 69.6 Å². The number of rotatable bonds is 3. The van der Waals surface area contributed by atoms with Crippen LogP contribution in [0.15, 0.2) is 30.6 Å². The number of fused-ring (bicyclic) bond motifs is 5. The maximum absolute atomic E-state index is 12.5. The Morgan fingerprint density at radius 1 is 1.10 bits per heavy atom. The van der Waals surface area contributed by atoms with Gasteiger partial charge in [0.1, 0.15) is 17.2 Å². The van der Waals surface area contributed by atoms with E-state index in [0.29, 0.717) is 17.5 Å². The molecule has 1 amide bonds. The zero-order valence-electron chi connectivity index (χ0n) is 17.6. The van der Waals surface area contributed by atoms with Crippen molar-refractivity contribution in [1.82, 2.24) is 29.7 Å². The highest BCUT2D eigenvalue weighted by atomic mass is 16.2. The highest BCUT2D eigenvalue weighted by Crippen LogP contribution is 2.37. The fourth-order valence-electron chi connectivity index (χ4n) is 5.07. The molecule has 9 nitrogen and oxygen atoms in total. The van der Waals surface area contributed by atoms with E-state index in [1.807, 2.05) is 18.3 Å². The number of aromatic nitrogens is 4. The number of carbonyl (C=O) groups excluding carboxylic acids is 1. The van der Waals surface area contributed by atoms with Crippen molar-refractivity contribution in [3.63, 3.8) is 0 Å². The van der Waals surface area contributed by atoms with Gasteiger partial charge in [0.25, 0.3) is 5.91 Å². The number of piperazine rings is 1. The van der Waals surface area contributed by atoms with E-state index in [4.69, 9.17) is 4.98 Å². The predicted molar refractivity (Wildman–Crippen MR) is 119 cm³/mol. The van der Waals surface area contributed by atoms with Crippen molar-refractivity contribution < 1.29 is 4.79 Å². The Labute approximate surface area is 180 Å². The molecule has 0 spiro atoms. The van der Waals surface area contributed by atoms with Crippen LogP contribution in [0.1, 0.15) is 35.8 Å². The summed E-state index contributed by atoms with van der Waals surface area (Å²) in [7, 11) is 2.15. The number of amides is 1. The Hall–Kier alpha value is -3.20. The topological polar surface area (TPSA) is 91.2 Å². The number of anilines is 3. The van der Waals surface area contributed by atoms with E-state index < -0.39 is 0 Å². The molecular formula is C22H26N8O. The lowest BCUT2D eigenvalue weighted by molar-refractivity contribution is 0.0891. The summed E-state index contributed by atoms with van der Waals surface area (Å²) in [5.74, 6) is 1.18. The maximum Gasteiger partial charge on any atom is 0.268 e. The average Bonchev–Trinajstić information content (AvgIpc) is 3.39. The Morgan fingerprint density at radius 2 is 1.97 bits per heavy atom. The van der Waals surface area contributed by atoms with Crippen LogP contribution in [0.5, 0.6) is 0 Å². The molecule has 9 heteroatoms. The smallest absolute Gasteiger partial charge is 0.268 e. The fourth-order valence-corrected chi connectivity index (χ4v) is 5.07. The van der Waals surface area contributed by atoms with E-state index >= 15 is 0 Å². The van der Waals surface area contributed by atoms with Crippen LogP contribution in [0, 0.1) is 0 Å². The number of nitrogens with zero attached hydrogens (tertiary/aromatic N) is 6. The number of hydrogen-bond acceptors (Lipinski definition) is 7. The van der Waals surface area contributed by atoms with Crippen LogP contribution >= 0.6 is 0 Å². The lowest BCUT2D eigenvalue weighted by atomic mass is 10.1. The highest BCUT2D eigenvalue weighted by Gasteiger charge is 2.38. The first-order chi connectivity index (χ1) is 15.2. The van der Waals surface area contributed by atoms with Gasteiger partial charge in [0.05, 0.1) is 24.0 Å². The molecule has 0 radical (unpaired) electrons. The Bertz CT molecular complexity index is 1130. The molecule has 2 atom stereocenters. The second-order valence-corrected chi connectivity index (χ2v) is 8.77. The van der Waals surface area contributed by atoms with E-state index in [9.17, 15) is 4.79 Å². The van der Waals surface area contributed by atoms with Crippen LogP contribution in [-0.2, 0) is 0 Å². The van der Waals surface area contributed by atoms with Crippen molar-refractivity contribution in [2.75, 3.05) is 43.4 Å². The molecular weight excluding hydrogens is 392 g/mol. The average molecular weight is 419 g/mol. The molecule has 2 fully saturated rings. The number of likely N-dealkylation sites (N-methyl/N-ethyl adjacent to an activating group) is 1. The first-order valence-corrected chi connectivity index (χ1v) is 11.0. The molecule has 3 aromatic rings. The maximum atomic E-state index is 12.5. The van der Waals surface area contributed by atoms with Crippen molar-refractivity contribution in [2.24, 2.45) is 0 Å². The van der Waals surface area contributed by atoms with Crippen molar-refractivity contribution >= 4 is 34.4 Å². The third kappa shape index (κ3) is 3.20. The second kappa shape index (κ2) is 7.19. The normalized spacial score (nSPS) is 23.5. The Morgan fingerprint density at radius 3 is 2.77 bits per heavy atom. The molecule has 6 rings (SSSR count). The van der Waals surface area contributed by atoms with E-state index in [2.05, 4.69) is 48.1 Å². The van der Waals surface area contributed by atoms with Gasteiger partial charge in [-0.25, -0.2) is 9.97 Å². The third-order valence-electron chi connectivity index (χ3n) is 6.79. The molecule has 0 bridgehead atoms. The van der Waals surface area contributed by atoms with Crippen LogP contribution in [0.2, 0.25) is 0 Å². The first kappa shape index (κ1) is 18.6. The minimum absolute atomic E-state index is 0.0168. The molecule has 5 heterocycles. The summed E-state index contributed by atoms with van der Waals surface area (Å²) in [6, 6.07) is 6.42. The van der Waals surface area contributed by atoms with Crippen LogP contribution in [0.4, 0.5) is 17.5 Å². The van der Waals surface area contributed by atoms with Gasteiger partial charge in [0.2, 0.25) is 5.95 Å². The van der Waals surface area contributed by atoms with Gasteiger partial charge in [0.15, 0.2) is 0 Å². The summed E-state index contributed by atoms with van der Waals surface area (Å²) in [6.07, 6.45) is 6.89. The molecule has 1 saturated heterocycles. The first-order valence-electron chi connectivity index (χ1n) is 11.0. The van der Waals surface area contributed by atoms with E-state index in [1.165, 1.54) is 0 Å². The molecule has 31 heavy (non-hydrogen) atoms. The molecule has 0 aromatic carbocycles. The molecule has 1 saturated carbocycles. The quantitative estimate of drug-likeness (QED) is 0.673. The summed E-state index contributed by atoms with van der Waals surface area (Å²) < 4.78 is 2.11. The van der Waals surface area contributed by atoms with Gasteiger partial charge in [0, 0.05) is 37.8 Å². The largest absolute Gasteiger partial charge is 0.368 e. The van der Waals surface area contributed by atoms with Crippen LogP contribution in [0.3, 0.4) is 0 Å². The molecule has 2 unspecified atom stereocenters. The van der Waals surface area contributed by atoms with E-state index in [-0.39, 0.29) is 18.0 Å². The Kier molecular flexibility index (Phi) is 4.31. The molecule has 2 N–H and O–H groups in total. The summed E-state index contributed by atoms with van der Waals surface area (Å²) in [4.78, 5) is 31.0. The SMILES string of the molecule is CN1CCN(c2ccc(Nc3ncc4cc5n(c4n3)C3CCCC3NC5=O)nc2)CC1. The van der Waals surface area contributed by atoms with Crippen molar-refractivity contribution in [2.45, 2.75) is 31.3 Å². The lowest BCUT2D eigenvalue weighted by Crippen LogP contribution is -2.44. The lowest BCUT2D eigenvalue weighted by Gasteiger charge is -2.33. The van der Waals surface area contributed by atoms with Gasteiger partial charge in [-0.1, -0.05) is 0 Å². The van der Waals surface area contributed by atoms with E-state index in [0.717, 1.165) is 62.2 Å². The van der Waals surface area contributed by atoms with Gasteiger partial charge in [-0.15, -0.1) is 0 Å². The number of carbonyl (C=O) groups is 1. The van der Waals surface area contributed by atoms with Gasteiger partial charge < -0.3 is 25.0 Å². The Balaban J connectivity index is 1.26. The van der Waals surface area contributed by atoms with Gasteiger partial charge >= 0.3 is 0 Å². The van der Waals surface area contributed by atoms with Gasteiger partial charge in [-0.2, -0.15) is 4.98 Å². The standard InChI is InChI=1S/C22H26N8O/c1-28-7-9-29(10-8-28)15-5-6-19(23-13-15)26-22-24-12-14-11-18-21(31)25-16-3-2-4-17(16)30(18)20(14)27-22/h5-6,11-13,16-17H,2-4,7-10H2,1H3,(H,25,31)(H,23,24,26,27). The zero-order valence-corrected chi connectivity index (χ0v) is 17.6. The molecule has 3 aromatic heterocycles. The minimum Gasteiger partial charge on any atom is -0.368 e. The molecule has 1 aliphatic carbocycles. The van der Waals surface area contributed by atoms with Crippen molar-refractivity contribution in [3.8, 4) is 0 Å². The van der Waals surface area contributed by atoms with Gasteiger partial charge in [-0.05, 0) is 44.5 Å². The zero-order chi connectivity index (χ0) is 20.9. The van der Waals surface area contributed by atoms with Crippen molar-refractivity contribution in [1.29, 1.82) is 0 Å². The van der Waals surface area contributed by atoms with Crippen molar-refractivity contribution in [3.05, 3.63) is 36.3 Å². The second-order valence-electron chi connectivity index (χ2n) is 8.77. The number of nitrogens with one attached hydrogen (secondary N) is 2. The number of pyridine rings is 1. The molecule has 3 aliphatic rings. The minimum atomic E-state index is -0.0168. The summed E-state index contributed by atoms with van der Waals surface area (Å²) >= 11 is 0. The third-order valence-corrected chi connectivity index (χ3v) is 6.79. The molecule has 2 aliphatic heterocycles. The van der Waals surface area contributed by atoms with E-state index in [1.54, 1.807) is 6.20 Å². The molecule has 160 valence electrons. The van der Waals surface area contributed by atoms with Gasteiger partial charge in [-0.3, -0.25) is 4.79 Å². The summed E-state index contributed by atoms with van der Waals surface area (Å²) in [5, 5.41) is 7.26. The monoisotopic (exact) mass is 418 g/mol. The highest BCUT2D eigenvalue weighted by molar-refractivity contribution is 5.99. The summed E-state index contributed by atoms with van der Waals surface area (Å²) in [6.45, 7) is 4.16. The fraction of sp³-hybridized carbons (Fsp3) is 0.455.